The smallest absolute Gasteiger partial charge is 0.383 e. The number of aromatic nitrogens is 5. The minimum atomic E-state index is -4.60. The molecule has 4 aromatic heterocycles. The van der Waals surface area contributed by atoms with E-state index in [2.05, 4.69) is 41.1 Å². The van der Waals surface area contributed by atoms with E-state index in [9.17, 15) is 18.0 Å². The van der Waals surface area contributed by atoms with Crippen molar-refractivity contribution < 1.29 is 18.0 Å². The molecule has 0 spiro atoms. The van der Waals surface area contributed by atoms with Gasteiger partial charge in [-0.1, -0.05) is 0 Å². The van der Waals surface area contributed by atoms with E-state index in [4.69, 9.17) is 5.73 Å². The molecular formula is C20H15BrF3N7OS. The molecule has 4 aromatic rings. The van der Waals surface area contributed by atoms with E-state index in [0.717, 1.165) is 6.07 Å². The molecule has 0 saturated carbocycles. The van der Waals surface area contributed by atoms with Crippen molar-refractivity contribution in [1.29, 1.82) is 0 Å². The minimum Gasteiger partial charge on any atom is -0.383 e. The molecule has 0 aromatic carbocycles. The number of alkyl halides is 3. The van der Waals surface area contributed by atoms with Crippen LogP contribution in [0.15, 0.2) is 45.8 Å². The van der Waals surface area contributed by atoms with Crippen molar-refractivity contribution in [1.82, 2.24) is 30.0 Å². The van der Waals surface area contributed by atoms with Crippen LogP contribution in [0.5, 0.6) is 0 Å². The highest BCUT2D eigenvalue weighted by atomic mass is 79.9. The lowest BCUT2D eigenvalue weighted by molar-refractivity contribution is -0.141. The molecule has 2 N–H and O–H groups in total. The molecular weight excluding hydrogens is 523 g/mol. The van der Waals surface area contributed by atoms with Crippen LogP contribution in [-0.2, 0) is 12.7 Å². The van der Waals surface area contributed by atoms with E-state index in [1.54, 1.807) is 29.9 Å². The highest BCUT2D eigenvalue weighted by molar-refractivity contribution is 9.10. The van der Waals surface area contributed by atoms with E-state index < -0.39 is 23.8 Å². The number of nitrogens with two attached hydrogens (primary N) is 1. The highest BCUT2D eigenvalue weighted by Crippen LogP contribution is 2.29. The molecule has 8 nitrogen and oxygen atoms in total. The number of hydrogen-bond donors (Lipinski definition) is 1. The Hall–Kier alpha value is -3.19. The van der Waals surface area contributed by atoms with Gasteiger partial charge in [-0.3, -0.25) is 4.79 Å². The van der Waals surface area contributed by atoms with Crippen LogP contribution < -0.4 is 5.73 Å². The lowest BCUT2D eigenvalue weighted by atomic mass is 10.1. The van der Waals surface area contributed by atoms with E-state index in [1.165, 1.54) is 28.5 Å². The average molecular weight is 538 g/mol. The van der Waals surface area contributed by atoms with Gasteiger partial charge in [0.15, 0.2) is 11.3 Å². The van der Waals surface area contributed by atoms with Gasteiger partial charge in [0.25, 0.3) is 5.91 Å². The molecule has 0 aliphatic rings. The van der Waals surface area contributed by atoms with Crippen LogP contribution in [0.1, 0.15) is 40.4 Å². The van der Waals surface area contributed by atoms with Crippen LogP contribution >= 0.6 is 27.3 Å². The maximum Gasteiger partial charge on any atom is 0.435 e. The molecule has 1 atom stereocenters. The average Bonchev–Trinajstić information content (AvgIpc) is 3.32. The molecule has 0 aliphatic carbocycles. The normalized spacial score (nSPS) is 12.6. The van der Waals surface area contributed by atoms with Crippen LogP contribution in [0.4, 0.5) is 19.0 Å². The number of halogens is 4. The Balaban J connectivity index is 1.69. The summed E-state index contributed by atoms with van der Waals surface area (Å²) in [5.74, 6) is -0.131. The SMILES string of the molecule is CC(c1cscn1)N(Cc1ccc(C(F)(F)F)nn1)C(=O)c1cnc2nc(N)c(Br)cc2c1. The summed E-state index contributed by atoms with van der Waals surface area (Å²) in [6.45, 7) is 1.70. The molecule has 13 heteroatoms. The summed E-state index contributed by atoms with van der Waals surface area (Å²) in [5.41, 5.74) is 7.80. The van der Waals surface area contributed by atoms with Crippen molar-refractivity contribution in [3.05, 3.63) is 68.5 Å². The van der Waals surface area contributed by atoms with Gasteiger partial charge in [0.2, 0.25) is 0 Å². The van der Waals surface area contributed by atoms with Gasteiger partial charge < -0.3 is 10.6 Å². The molecule has 33 heavy (non-hydrogen) atoms. The third kappa shape index (κ3) is 4.93. The summed E-state index contributed by atoms with van der Waals surface area (Å²) < 4.78 is 39.1. The molecule has 4 heterocycles. The van der Waals surface area contributed by atoms with Gasteiger partial charge >= 0.3 is 6.18 Å². The topological polar surface area (TPSA) is 111 Å². The molecule has 170 valence electrons. The number of nitrogen functional groups attached to an aromatic ring is 1. The van der Waals surface area contributed by atoms with E-state index in [1.807, 2.05) is 0 Å². The quantitative estimate of drug-likeness (QED) is 0.394. The first-order valence-electron chi connectivity index (χ1n) is 9.44. The van der Waals surface area contributed by atoms with Crippen molar-refractivity contribution >= 4 is 50.0 Å². The lowest BCUT2D eigenvalue weighted by Crippen LogP contribution is -2.34. The second-order valence-electron chi connectivity index (χ2n) is 7.06. The number of anilines is 1. The van der Waals surface area contributed by atoms with Crippen molar-refractivity contribution in [3.63, 3.8) is 0 Å². The predicted octanol–water partition coefficient (Wildman–Crippen LogP) is 4.64. The Morgan fingerprint density at radius 1 is 1.24 bits per heavy atom. The summed E-state index contributed by atoms with van der Waals surface area (Å²) in [6.07, 6.45) is -3.22. The summed E-state index contributed by atoms with van der Waals surface area (Å²) in [5, 5.41) is 9.31. The monoisotopic (exact) mass is 537 g/mol. The van der Waals surface area contributed by atoms with Gasteiger partial charge in [-0.25, -0.2) is 15.0 Å². The maximum atomic E-state index is 13.5. The second kappa shape index (κ2) is 8.98. The van der Waals surface area contributed by atoms with Gasteiger partial charge in [-0.15, -0.1) is 16.4 Å². The number of rotatable bonds is 5. The van der Waals surface area contributed by atoms with Crippen LogP contribution in [-0.4, -0.2) is 36.0 Å². The van der Waals surface area contributed by atoms with Gasteiger partial charge in [-0.05, 0) is 47.1 Å². The standard InChI is InChI=1S/C20H15BrF3N7OS/c1-10(15-8-33-9-27-15)31(7-13-2-3-16(30-29-13)20(22,23)24)19(32)12-4-11-5-14(21)17(25)28-18(11)26-6-12/h2-6,8-10H,7H2,1H3,(H2,25,26,28). The molecule has 0 bridgehead atoms. The fourth-order valence-corrected chi connectivity index (χ4v) is 4.05. The Morgan fingerprint density at radius 3 is 2.67 bits per heavy atom. The molecule has 1 unspecified atom stereocenters. The lowest BCUT2D eigenvalue weighted by Gasteiger charge is -2.28. The van der Waals surface area contributed by atoms with Crippen molar-refractivity contribution in [2.45, 2.75) is 25.7 Å². The number of fused-ring (bicyclic) bond motifs is 1. The molecule has 0 saturated heterocycles. The van der Waals surface area contributed by atoms with Crippen LogP contribution in [0, 0.1) is 0 Å². The summed E-state index contributed by atoms with van der Waals surface area (Å²) >= 11 is 4.68. The van der Waals surface area contributed by atoms with Gasteiger partial charge in [0.1, 0.15) is 5.82 Å². The predicted molar refractivity (Wildman–Crippen MR) is 119 cm³/mol. The molecule has 1 amide bonds. The first kappa shape index (κ1) is 23.0. The van der Waals surface area contributed by atoms with Crippen LogP contribution in [0.25, 0.3) is 11.0 Å². The first-order valence-corrected chi connectivity index (χ1v) is 11.2. The van der Waals surface area contributed by atoms with Gasteiger partial charge in [0, 0.05) is 17.0 Å². The largest absolute Gasteiger partial charge is 0.435 e. The third-order valence-electron chi connectivity index (χ3n) is 4.85. The zero-order valence-corrected chi connectivity index (χ0v) is 19.3. The Kier molecular flexibility index (Phi) is 6.26. The van der Waals surface area contributed by atoms with E-state index in [0.29, 0.717) is 21.2 Å². The fraction of sp³-hybridized carbons (Fsp3) is 0.200. The zero-order valence-electron chi connectivity index (χ0n) is 16.9. The molecule has 4 rings (SSSR count). The fourth-order valence-electron chi connectivity index (χ4n) is 3.08. The Morgan fingerprint density at radius 2 is 2.03 bits per heavy atom. The number of carbonyl (C=O) groups is 1. The van der Waals surface area contributed by atoms with E-state index in [-0.39, 0.29) is 23.6 Å². The second-order valence-corrected chi connectivity index (χ2v) is 8.63. The number of nitrogens with zero attached hydrogens (tertiary/aromatic N) is 6. The van der Waals surface area contributed by atoms with Gasteiger partial charge in [0.05, 0.1) is 39.5 Å². The molecule has 0 fully saturated rings. The third-order valence-corrected chi connectivity index (χ3v) is 6.09. The Bertz CT molecular complexity index is 1300. The summed E-state index contributed by atoms with van der Waals surface area (Å²) in [7, 11) is 0. The zero-order chi connectivity index (χ0) is 23.8. The van der Waals surface area contributed by atoms with Crippen molar-refractivity contribution in [3.8, 4) is 0 Å². The maximum absolute atomic E-state index is 13.5. The number of pyridine rings is 2. The minimum absolute atomic E-state index is 0.0790. The molecule has 0 aliphatic heterocycles. The van der Waals surface area contributed by atoms with Crippen LogP contribution in [0.3, 0.4) is 0 Å². The highest BCUT2D eigenvalue weighted by Gasteiger charge is 2.33. The number of hydrogen-bond acceptors (Lipinski definition) is 8. The van der Waals surface area contributed by atoms with Crippen molar-refractivity contribution in [2.24, 2.45) is 0 Å². The van der Waals surface area contributed by atoms with Gasteiger partial charge in [-0.2, -0.15) is 18.3 Å². The Labute approximate surface area is 197 Å². The van der Waals surface area contributed by atoms with Crippen molar-refractivity contribution in [2.75, 3.05) is 5.73 Å². The number of carbonyl (C=O) groups excluding carboxylic acids is 1. The summed E-state index contributed by atoms with van der Waals surface area (Å²) in [4.78, 5) is 27.6. The molecule has 0 radical (unpaired) electrons. The number of thiazole rings is 1. The summed E-state index contributed by atoms with van der Waals surface area (Å²) in [6, 6.07) is 4.88. The number of amides is 1. The first-order chi connectivity index (χ1) is 15.6. The van der Waals surface area contributed by atoms with E-state index >= 15 is 0 Å². The van der Waals surface area contributed by atoms with Crippen LogP contribution in [0.2, 0.25) is 0 Å².